The largest absolute Gasteiger partial charge is 0.486 e. The van der Waals surface area contributed by atoms with Crippen molar-refractivity contribution in [1.82, 2.24) is 5.32 Å². The van der Waals surface area contributed by atoms with Gasteiger partial charge in [-0.2, -0.15) is 0 Å². The molecule has 1 N–H and O–H groups in total. The molecule has 0 saturated heterocycles. The normalized spacial score (nSPS) is 12.3. The maximum absolute atomic E-state index is 11.9. The lowest BCUT2D eigenvalue weighted by molar-refractivity contribution is -0.124. The minimum atomic E-state index is -0.504. The lowest BCUT2D eigenvalue weighted by Gasteiger charge is -2.18. The Labute approximate surface area is 152 Å². The van der Waals surface area contributed by atoms with Crippen LogP contribution >= 0.6 is 0 Å². The van der Waals surface area contributed by atoms with Crippen molar-refractivity contribution >= 4 is 11.9 Å². The molecule has 0 saturated carbocycles. The summed E-state index contributed by atoms with van der Waals surface area (Å²) in [6.45, 7) is 3.14. The summed E-state index contributed by atoms with van der Waals surface area (Å²) >= 11 is 0. The molecule has 2 aromatic carbocycles. The molecule has 1 heterocycles. The second kappa shape index (κ2) is 8.38. The molecule has 0 atom stereocenters. The van der Waals surface area contributed by atoms with Gasteiger partial charge in [0.1, 0.15) is 13.2 Å². The average molecular weight is 355 g/mol. The van der Waals surface area contributed by atoms with Gasteiger partial charge in [-0.15, -0.1) is 0 Å². The first-order valence-corrected chi connectivity index (χ1v) is 8.51. The van der Waals surface area contributed by atoms with Gasteiger partial charge in [0.05, 0.1) is 5.56 Å². The van der Waals surface area contributed by atoms with E-state index in [0.29, 0.717) is 31.7 Å². The Balaban J connectivity index is 1.41. The number of carbonyl (C=O) groups is 2. The van der Waals surface area contributed by atoms with Crippen LogP contribution in [0.2, 0.25) is 0 Å². The van der Waals surface area contributed by atoms with E-state index in [1.807, 2.05) is 31.2 Å². The first-order chi connectivity index (χ1) is 12.6. The quantitative estimate of drug-likeness (QED) is 0.805. The van der Waals surface area contributed by atoms with Crippen LogP contribution in [0.3, 0.4) is 0 Å². The Bertz CT molecular complexity index is 803. The Morgan fingerprint density at radius 2 is 1.88 bits per heavy atom. The van der Waals surface area contributed by atoms with E-state index in [1.54, 1.807) is 18.2 Å². The van der Waals surface area contributed by atoms with Crippen LogP contribution in [0.25, 0.3) is 0 Å². The molecule has 6 heteroatoms. The Morgan fingerprint density at radius 1 is 1.08 bits per heavy atom. The van der Waals surface area contributed by atoms with Gasteiger partial charge in [-0.05, 0) is 43.2 Å². The molecule has 0 spiro atoms. The van der Waals surface area contributed by atoms with Crippen LogP contribution in [0.5, 0.6) is 11.5 Å². The molecule has 1 amide bonds. The van der Waals surface area contributed by atoms with Crippen LogP contribution in [-0.2, 0) is 16.0 Å². The predicted octanol–water partition coefficient (Wildman–Crippen LogP) is 2.28. The molecule has 1 aliphatic rings. The molecule has 136 valence electrons. The molecular weight excluding hydrogens is 334 g/mol. The SMILES string of the molecule is Cc1cccc(C(=O)OCC(=O)NCCc2ccc3c(c2)OCCO3)c1. The number of nitrogens with one attached hydrogen (secondary N) is 1. The third kappa shape index (κ3) is 4.75. The van der Waals surface area contributed by atoms with Crippen LogP contribution in [0.1, 0.15) is 21.5 Å². The number of ether oxygens (including phenoxy) is 3. The number of benzene rings is 2. The standard InChI is InChI=1S/C20H21NO5/c1-14-3-2-4-16(11-14)20(23)26-13-19(22)21-8-7-15-5-6-17-18(12-15)25-10-9-24-17/h2-6,11-12H,7-10,13H2,1H3,(H,21,22). The summed E-state index contributed by atoms with van der Waals surface area (Å²) in [7, 11) is 0. The zero-order valence-electron chi connectivity index (χ0n) is 14.6. The summed E-state index contributed by atoms with van der Waals surface area (Å²) in [5.74, 6) is 0.637. The first kappa shape index (κ1) is 17.8. The van der Waals surface area contributed by atoms with E-state index in [9.17, 15) is 9.59 Å². The number of carbonyl (C=O) groups excluding carboxylic acids is 2. The van der Waals surface area contributed by atoms with Crippen molar-refractivity contribution in [1.29, 1.82) is 0 Å². The van der Waals surface area contributed by atoms with Crippen molar-refractivity contribution in [3.8, 4) is 11.5 Å². The summed E-state index contributed by atoms with van der Waals surface area (Å²) in [5.41, 5.74) is 2.43. The second-order valence-electron chi connectivity index (χ2n) is 6.02. The molecule has 0 aliphatic carbocycles. The van der Waals surface area contributed by atoms with E-state index in [0.717, 1.165) is 22.6 Å². The Hall–Kier alpha value is -3.02. The number of rotatable bonds is 6. The van der Waals surface area contributed by atoms with Gasteiger partial charge in [-0.25, -0.2) is 4.79 Å². The zero-order chi connectivity index (χ0) is 18.4. The topological polar surface area (TPSA) is 73.9 Å². The molecule has 0 aromatic heterocycles. The summed E-state index contributed by atoms with van der Waals surface area (Å²) in [6, 6.07) is 12.8. The molecular formula is C20H21NO5. The van der Waals surface area contributed by atoms with Crippen molar-refractivity contribution in [2.75, 3.05) is 26.4 Å². The van der Waals surface area contributed by atoms with E-state index in [4.69, 9.17) is 14.2 Å². The van der Waals surface area contributed by atoms with Crippen LogP contribution < -0.4 is 14.8 Å². The van der Waals surface area contributed by atoms with Crippen molar-refractivity contribution in [2.45, 2.75) is 13.3 Å². The zero-order valence-corrected chi connectivity index (χ0v) is 14.6. The van der Waals surface area contributed by atoms with Gasteiger partial charge in [0, 0.05) is 6.54 Å². The highest BCUT2D eigenvalue weighted by Crippen LogP contribution is 2.30. The van der Waals surface area contributed by atoms with Crippen LogP contribution in [0.4, 0.5) is 0 Å². The van der Waals surface area contributed by atoms with Gasteiger partial charge in [0.2, 0.25) is 0 Å². The van der Waals surface area contributed by atoms with Gasteiger partial charge in [-0.3, -0.25) is 4.79 Å². The lowest BCUT2D eigenvalue weighted by atomic mass is 10.1. The first-order valence-electron chi connectivity index (χ1n) is 8.51. The van der Waals surface area contributed by atoms with Gasteiger partial charge in [0.25, 0.3) is 5.91 Å². The van der Waals surface area contributed by atoms with E-state index in [1.165, 1.54) is 0 Å². The van der Waals surface area contributed by atoms with Gasteiger partial charge in [0.15, 0.2) is 18.1 Å². The monoisotopic (exact) mass is 355 g/mol. The molecule has 0 fully saturated rings. The fourth-order valence-electron chi connectivity index (χ4n) is 2.63. The Kier molecular flexibility index (Phi) is 5.73. The third-order valence-corrected chi connectivity index (χ3v) is 3.93. The summed E-state index contributed by atoms with van der Waals surface area (Å²) in [4.78, 5) is 23.7. The number of fused-ring (bicyclic) bond motifs is 1. The average Bonchev–Trinajstić information content (AvgIpc) is 2.66. The molecule has 0 bridgehead atoms. The molecule has 0 unspecified atom stereocenters. The predicted molar refractivity (Wildman–Crippen MR) is 95.6 cm³/mol. The highest BCUT2D eigenvalue weighted by Gasteiger charge is 2.12. The van der Waals surface area contributed by atoms with E-state index in [2.05, 4.69) is 5.32 Å². The summed E-state index contributed by atoms with van der Waals surface area (Å²) < 4.78 is 16.0. The van der Waals surface area contributed by atoms with Crippen LogP contribution in [0.15, 0.2) is 42.5 Å². The number of aryl methyl sites for hydroxylation is 1. The van der Waals surface area contributed by atoms with E-state index >= 15 is 0 Å². The molecule has 6 nitrogen and oxygen atoms in total. The van der Waals surface area contributed by atoms with E-state index < -0.39 is 5.97 Å². The van der Waals surface area contributed by atoms with Crippen LogP contribution in [0, 0.1) is 6.92 Å². The summed E-state index contributed by atoms with van der Waals surface area (Å²) in [5, 5.41) is 2.74. The van der Waals surface area contributed by atoms with Gasteiger partial charge >= 0.3 is 5.97 Å². The molecule has 3 rings (SSSR count). The fraction of sp³-hybridized carbons (Fsp3) is 0.300. The van der Waals surface area contributed by atoms with Crippen molar-refractivity contribution in [3.05, 3.63) is 59.2 Å². The number of hydrogen-bond acceptors (Lipinski definition) is 5. The maximum atomic E-state index is 11.9. The van der Waals surface area contributed by atoms with E-state index in [-0.39, 0.29) is 12.5 Å². The van der Waals surface area contributed by atoms with Crippen molar-refractivity contribution in [3.63, 3.8) is 0 Å². The smallest absolute Gasteiger partial charge is 0.338 e. The third-order valence-electron chi connectivity index (χ3n) is 3.93. The highest BCUT2D eigenvalue weighted by atomic mass is 16.6. The number of hydrogen-bond donors (Lipinski definition) is 1. The highest BCUT2D eigenvalue weighted by molar-refractivity contribution is 5.91. The lowest BCUT2D eigenvalue weighted by Crippen LogP contribution is -2.30. The summed E-state index contributed by atoms with van der Waals surface area (Å²) in [6.07, 6.45) is 0.647. The minimum Gasteiger partial charge on any atom is -0.486 e. The van der Waals surface area contributed by atoms with Crippen molar-refractivity contribution in [2.24, 2.45) is 0 Å². The molecule has 2 aromatic rings. The second-order valence-corrected chi connectivity index (χ2v) is 6.02. The molecule has 0 radical (unpaired) electrons. The number of amides is 1. The fourth-order valence-corrected chi connectivity index (χ4v) is 2.63. The van der Waals surface area contributed by atoms with Gasteiger partial charge in [-0.1, -0.05) is 23.8 Å². The number of esters is 1. The minimum absolute atomic E-state index is 0.298. The Morgan fingerprint density at radius 3 is 2.69 bits per heavy atom. The molecule has 26 heavy (non-hydrogen) atoms. The van der Waals surface area contributed by atoms with Gasteiger partial charge < -0.3 is 19.5 Å². The van der Waals surface area contributed by atoms with Crippen molar-refractivity contribution < 1.29 is 23.8 Å². The molecule has 1 aliphatic heterocycles. The van der Waals surface area contributed by atoms with Crippen LogP contribution in [-0.4, -0.2) is 38.2 Å². The maximum Gasteiger partial charge on any atom is 0.338 e.